The van der Waals surface area contributed by atoms with E-state index in [9.17, 15) is 24.0 Å². The number of amides is 1. The molecule has 0 spiro atoms. The second-order valence-corrected chi connectivity index (χ2v) is 17.7. The zero-order chi connectivity index (χ0) is 28.9. The van der Waals surface area contributed by atoms with Crippen LogP contribution in [0.25, 0.3) is 10.2 Å². The van der Waals surface area contributed by atoms with Crippen LogP contribution in [0.2, 0.25) is 18.1 Å². The van der Waals surface area contributed by atoms with Crippen molar-refractivity contribution in [1.82, 2.24) is 14.2 Å². The van der Waals surface area contributed by atoms with E-state index in [-0.39, 0.29) is 59.3 Å². The van der Waals surface area contributed by atoms with Gasteiger partial charge in [0.15, 0.2) is 8.32 Å². The number of aromatic nitrogens is 2. The maximum atomic E-state index is 14.0. The summed E-state index contributed by atoms with van der Waals surface area (Å²) >= 11 is 1.10. The molecular formula is C26H39N3O7SSi. The Morgan fingerprint density at radius 2 is 1.71 bits per heavy atom. The minimum Gasteiger partial charge on any atom is -0.410 e. The molecule has 0 bridgehead atoms. The number of thiophene rings is 1. The first kappa shape index (κ1) is 30.1. The van der Waals surface area contributed by atoms with Crippen LogP contribution < -0.4 is 11.2 Å². The Labute approximate surface area is 227 Å². The van der Waals surface area contributed by atoms with Gasteiger partial charge in [-0.15, -0.1) is 11.3 Å². The van der Waals surface area contributed by atoms with Crippen LogP contribution in [0.4, 0.5) is 0 Å². The minimum absolute atomic E-state index is 0.0255. The van der Waals surface area contributed by atoms with Crippen molar-refractivity contribution in [2.45, 2.75) is 85.2 Å². The molecule has 1 fully saturated rings. The van der Waals surface area contributed by atoms with Gasteiger partial charge in [-0.1, -0.05) is 20.8 Å². The summed E-state index contributed by atoms with van der Waals surface area (Å²) in [6.45, 7) is 17.3. The summed E-state index contributed by atoms with van der Waals surface area (Å²) in [5.41, 5.74) is -1.04. The second kappa shape index (κ2) is 10.6. The summed E-state index contributed by atoms with van der Waals surface area (Å²) in [4.78, 5) is 71.4. The van der Waals surface area contributed by atoms with Crippen LogP contribution in [0.15, 0.2) is 9.59 Å². The fourth-order valence-corrected chi connectivity index (χ4v) is 7.10. The molecule has 1 aliphatic heterocycles. The zero-order valence-electron chi connectivity index (χ0n) is 24.0. The van der Waals surface area contributed by atoms with E-state index in [2.05, 4.69) is 33.9 Å². The van der Waals surface area contributed by atoms with Crippen molar-refractivity contribution in [3.8, 4) is 0 Å². The third-order valence-electron chi connectivity index (χ3n) is 7.57. The van der Waals surface area contributed by atoms with Crippen LogP contribution in [0, 0.1) is 5.92 Å². The Morgan fingerprint density at radius 3 is 2.21 bits per heavy atom. The molecule has 0 radical (unpaired) electrons. The molecule has 12 heteroatoms. The van der Waals surface area contributed by atoms with Gasteiger partial charge in [-0.25, -0.2) is 9.86 Å². The first-order valence-electron chi connectivity index (χ1n) is 12.8. The Bertz CT molecular complexity index is 1380. The molecular weight excluding hydrogens is 526 g/mol. The molecule has 1 aliphatic rings. The lowest BCUT2D eigenvalue weighted by molar-refractivity contribution is -0.130. The highest BCUT2D eigenvalue weighted by Gasteiger charge is 2.42. The Hall–Kier alpha value is -2.41. The van der Waals surface area contributed by atoms with Crippen molar-refractivity contribution in [1.29, 1.82) is 0 Å². The number of hydrogen-bond donors (Lipinski definition) is 0. The van der Waals surface area contributed by atoms with Gasteiger partial charge in [0.1, 0.15) is 23.0 Å². The number of ketones is 2. The number of hydroxylamine groups is 2. The van der Waals surface area contributed by atoms with Crippen molar-refractivity contribution in [2.75, 3.05) is 13.2 Å². The lowest BCUT2D eigenvalue weighted by Gasteiger charge is -2.37. The molecule has 2 aromatic heterocycles. The number of carbonyl (C=O) groups is 3. The van der Waals surface area contributed by atoms with Gasteiger partial charge in [0, 0.05) is 18.0 Å². The topological polar surface area (TPSA) is 117 Å². The van der Waals surface area contributed by atoms with Gasteiger partial charge in [-0.3, -0.25) is 33.1 Å². The highest BCUT2D eigenvalue weighted by molar-refractivity contribution is 7.19. The predicted molar refractivity (Wildman–Crippen MR) is 149 cm³/mol. The van der Waals surface area contributed by atoms with Crippen LogP contribution in [0.1, 0.15) is 69.7 Å². The van der Waals surface area contributed by atoms with Gasteiger partial charge in [0.25, 0.3) is 11.5 Å². The lowest BCUT2D eigenvalue weighted by Crippen LogP contribution is -2.45. The van der Waals surface area contributed by atoms with Crippen molar-refractivity contribution >= 4 is 47.3 Å². The average molecular weight is 566 g/mol. The molecule has 0 aromatic carbocycles. The van der Waals surface area contributed by atoms with Crippen molar-refractivity contribution < 1.29 is 23.6 Å². The molecule has 2 aromatic rings. The summed E-state index contributed by atoms with van der Waals surface area (Å²) in [6.07, 6.45) is -0.370. The number of Topliss-reactive ketones (excluding diaryl/α,β-unsaturated/α-hetero) is 2. The van der Waals surface area contributed by atoms with E-state index in [1.165, 1.54) is 30.5 Å². The monoisotopic (exact) mass is 565 g/mol. The van der Waals surface area contributed by atoms with Crippen molar-refractivity contribution in [3.05, 3.63) is 31.3 Å². The Balaban J connectivity index is 2.16. The van der Waals surface area contributed by atoms with Crippen LogP contribution >= 0.6 is 11.3 Å². The molecule has 3 rings (SSSR count). The summed E-state index contributed by atoms with van der Waals surface area (Å²) in [5, 5.41) is 1.26. The van der Waals surface area contributed by atoms with Crippen LogP contribution in [-0.4, -0.2) is 59.2 Å². The van der Waals surface area contributed by atoms with E-state index in [4.69, 9.17) is 9.26 Å². The van der Waals surface area contributed by atoms with E-state index in [0.29, 0.717) is 9.71 Å². The number of carbonyl (C=O) groups excluding carboxylic acids is 3. The van der Waals surface area contributed by atoms with E-state index in [1.54, 1.807) is 0 Å². The molecule has 0 saturated carbocycles. The van der Waals surface area contributed by atoms with E-state index in [0.717, 1.165) is 15.9 Å². The van der Waals surface area contributed by atoms with Crippen LogP contribution in [0.5, 0.6) is 0 Å². The van der Waals surface area contributed by atoms with Crippen molar-refractivity contribution in [2.24, 2.45) is 13.0 Å². The maximum Gasteiger partial charge on any atom is 0.332 e. The molecule has 1 atom stereocenters. The lowest BCUT2D eigenvalue weighted by atomic mass is 9.94. The van der Waals surface area contributed by atoms with Gasteiger partial charge in [-0.05, 0) is 52.2 Å². The van der Waals surface area contributed by atoms with Gasteiger partial charge >= 0.3 is 5.69 Å². The Morgan fingerprint density at radius 1 is 1.13 bits per heavy atom. The van der Waals surface area contributed by atoms with Crippen LogP contribution in [0.3, 0.4) is 0 Å². The van der Waals surface area contributed by atoms with E-state index in [1.807, 2.05) is 13.8 Å². The van der Waals surface area contributed by atoms with Gasteiger partial charge in [0.05, 0.1) is 29.5 Å². The summed E-state index contributed by atoms with van der Waals surface area (Å²) in [5.74, 6) is -2.18. The molecule has 3 heterocycles. The SMILES string of the molecule is CC(=O)C(Cc1sc2c(c1C(=O)N1C[C@H](O[Si](C)(C)C(C)(C)C)CO1)c(=O)n(C)c(=O)n2C(C)C)C(C)=O. The largest absolute Gasteiger partial charge is 0.410 e. The predicted octanol–water partition coefficient (Wildman–Crippen LogP) is 3.46. The van der Waals surface area contributed by atoms with Crippen LogP contribution in [-0.2, 0) is 32.3 Å². The molecule has 1 amide bonds. The third-order valence-corrected chi connectivity index (χ3v) is 13.3. The van der Waals surface area contributed by atoms with Gasteiger partial charge < -0.3 is 4.43 Å². The molecule has 0 unspecified atom stereocenters. The number of fused-ring (bicyclic) bond motifs is 1. The van der Waals surface area contributed by atoms with E-state index < -0.39 is 31.4 Å². The van der Waals surface area contributed by atoms with Crippen molar-refractivity contribution in [3.63, 3.8) is 0 Å². The van der Waals surface area contributed by atoms with Gasteiger partial charge in [-0.2, -0.15) is 0 Å². The number of hydrogen-bond acceptors (Lipinski definition) is 8. The third kappa shape index (κ3) is 5.49. The fraction of sp³-hybridized carbons (Fsp3) is 0.654. The summed E-state index contributed by atoms with van der Waals surface area (Å²) in [7, 11) is -0.754. The quantitative estimate of drug-likeness (QED) is 0.355. The minimum atomic E-state index is -2.13. The first-order chi connectivity index (χ1) is 17.4. The summed E-state index contributed by atoms with van der Waals surface area (Å²) in [6, 6.07) is -0.298. The molecule has 1 saturated heterocycles. The second-order valence-electron chi connectivity index (χ2n) is 11.8. The Kier molecular flexibility index (Phi) is 8.43. The highest BCUT2D eigenvalue weighted by atomic mass is 32.1. The standard InChI is InChI=1S/C26H39N3O7SSi/c1-14(2)29-24-21(22(32)27(8)25(29)34)20(19(37-24)11-18(15(3)30)16(4)31)23(33)28-12-17(13-35-28)36-38(9,10)26(5,6)7/h14,17-18H,11-13H2,1-10H3/t17-/m0/s1. The zero-order valence-corrected chi connectivity index (χ0v) is 25.8. The molecule has 10 nitrogen and oxygen atoms in total. The normalized spacial score (nSPS) is 16.7. The maximum absolute atomic E-state index is 14.0. The van der Waals surface area contributed by atoms with E-state index >= 15 is 0 Å². The number of nitrogens with zero attached hydrogens (tertiary/aromatic N) is 3. The molecule has 0 N–H and O–H groups in total. The summed E-state index contributed by atoms with van der Waals surface area (Å²) < 4.78 is 8.89. The number of rotatable bonds is 8. The first-order valence-corrected chi connectivity index (χ1v) is 16.5. The van der Waals surface area contributed by atoms with Gasteiger partial charge in [0.2, 0.25) is 0 Å². The molecule has 210 valence electrons. The smallest absolute Gasteiger partial charge is 0.332 e. The highest BCUT2D eigenvalue weighted by Crippen LogP contribution is 2.38. The molecule has 38 heavy (non-hydrogen) atoms. The fourth-order valence-electron chi connectivity index (χ4n) is 4.32. The molecule has 0 aliphatic carbocycles. The average Bonchev–Trinajstić information content (AvgIpc) is 3.38.